The molecule has 3 N–H and O–H groups in total. The molecule has 0 radical (unpaired) electrons. The number of carbonyl (C=O) groups excluding carboxylic acids is 1. The second kappa shape index (κ2) is 9.67. The summed E-state index contributed by atoms with van der Waals surface area (Å²) in [5.74, 6) is 0.118. The first kappa shape index (κ1) is 23.1. The van der Waals surface area contributed by atoms with Gasteiger partial charge in [0.05, 0.1) is 29.6 Å². The minimum atomic E-state index is -3.36. The third kappa shape index (κ3) is 5.75. The van der Waals surface area contributed by atoms with Crippen LogP contribution < -0.4 is 5.32 Å². The molecular weight excluding hydrogens is 418 g/mol. The normalized spacial score (nSPS) is 16.3. The lowest BCUT2D eigenvalue weighted by Gasteiger charge is -2.14. The quantitative estimate of drug-likeness (QED) is 0.558. The molecular formula is C22H27N3O5S. The monoisotopic (exact) mass is 445 g/mol. The van der Waals surface area contributed by atoms with Gasteiger partial charge < -0.3 is 15.5 Å². The Morgan fingerprint density at radius 3 is 2.52 bits per heavy atom. The molecule has 1 aliphatic carbocycles. The van der Waals surface area contributed by atoms with Crippen molar-refractivity contribution in [3.63, 3.8) is 0 Å². The van der Waals surface area contributed by atoms with Gasteiger partial charge in [0.15, 0.2) is 15.7 Å². The summed E-state index contributed by atoms with van der Waals surface area (Å²) in [6, 6.07) is 4.89. The third-order valence-electron chi connectivity index (χ3n) is 5.36. The standard InChI is InChI=1S/C22H27N3O5S/c1-14-9-16(7-8-20(14)31(2,29)30)17(10-15-5-3-4-6-15)22(28)25-21-12-23-18(11-24-21)19(27)13-26/h7-12,15,19,26-27H,3-6,13H2,1-2H3,(H,24,25,28)/b17-10+/t19-/m0/s1. The molecule has 2 aromatic rings. The van der Waals surface area contributed by atoms with Gasteiger partial charge in [-0.3, -0.25) is 9.78 Å². The summed E-state index contributed by atoms with van der Waals surface area (Å²) in [6.45, 7) is 1.24. The SMILES string of the molecule is Cc1cc(/C(=C\C2CCCC2)C(=O)Nc2cnc([C@@H](O)CO)cn2)ccc1S(C)(=O)=O. The highest BCUT2D eigenvalue weighted by molar-refractivity contribution is 7.90. The molecule has 1 aromatic heterocycles. The number of allylic oxidation sites excluding steroid dienone is 1. The molecule has 1 atom stereocenters. The molecule has 1 amide bonds. The minimum absolute atomic E-state index is 0.203. The van der Waals surface area contributed by atoms with Gasteiger partial charge in [0.25, 0.3) is 5.91 Å². The summed E-state index contributed by atoms with van der Waals surface area (Å²) in [6.07, 6.45) is 8.83. The second-order valence-electron chi connectivity index (χ2n) is 7.86. The molecule has 1 saturated carbocycles. The lowest BCUT2D eigenvalue weighted by Crippen LogP contribution is -2.16. The maximum absolute atomic E-state index is 13.1. The van der Waals surface area contributed by atoms with E-state index in [2.05, 4.69) is 15.3 Å². The average Bonchev–Trinajstić information content (AvgIpc) is 3.24. The number of aryl methyl sites for hydroxylation is 1. The summed E-state index contributed by atoms with van der Waals surface area (Å²) < 4.78 is 23.9. The molecule has 0 aliphatic heterocycles. The van der Waals surface area contributed by atoms with Gasteiger partial charge in [-0.25, -0.2) is 13.4 Å². The Morgan fingerprint density at radius 2 is 1.97 bits per heavy atom. The predicted octanol–water partition coefficient (Wildman–Crippen LogP) is 2.43. The third-order valence-corrected chi connectivity index (χ3v) is 6.62. The number of amides is 1. The molecule has 0 bridgehead atoms. The number of hydrogen-bond donors (Lipinski definition) is 3. The lowest BCUT2D eigenvalue weighted by molar-refractivity contribution is -0.111. The number of sulfone groups is 1. The van der Waals surface area contributed by atoms with Crippen molar-refractivity contribution in [3.05, 3.63) is 53.5 Å². The van der Waals surface area contributed by atoms with Crippen molar-refractivity contribution >= 4 is 27.1 Å². The molecule has 1 aliphatic rings. The Kier molecular flexibility index (Phi) is 7.19. The van der Waals surface area contributed by atoms with Crippen LogP contribution >= 0.6 is 0 Å². The molecule has 1 aromatic carbocycles. The molecule has 31 heavy (non-hydrogen) atoms. The fourth-order valence-corrected chi connectivity index (χ4v) is 4.71. The zero-order chi connectivity index (χ0) is 22.6. The number of nitrogens with one attached hydrogen (secondary N) is 1. The molecule has 1 heterocycles. The van der Waals surface area contributed by atoms with Crippen molar-refractivity contribution < 1.29 is 23.4 Å². The van der Waals surface area contributed by atoms with Gasteiger partial charge in [-0.2, -0.15) is 0 Å². The highest BCUT2D eigenvalue weighted by atomic mass is 32.2. The zero-order valence-electron chi connectivity index (χ0n) is 17.6. The summed E-state index contributed by atoms with van der Waals surface area (Å²) in [7, 11) is -3.36. The fourth-order valence-electron chi connectivity index (χ4n) is 3.75. The Morgan fingerprint density at radius 1 is 1.26 bits per heavy atom. The van der Waals surface area contributed by atoms with E-state index >= 15 is 0 Å². The Balaban J connectivity index is 1.90. The van der Waals surface area contributed by atoms with Crippen LogP contribution in [-0.2, 0) is 14.6 Å². The van der Waals surface area contributed by atoms with Crippen LogP contribution in [0, 0.1) is 12.8 Å². The number of aromatic nitrogens is 2. The summed E-state index contributed by atoms with van der Waals surface area (Å²) in [5, 5.41) is 21.3. The largest absolute Gasteiger partial charge is 0.393 e. The van der Waals surface area contributed by atoms with Crippen molar-refractivity contribution in [2.24, 2.45) is 5.92 Å². The predicted molar refractivity (Wildman–Crippen MR) is 117 cm³/mol. The first-order valence-corrected chi connectivity index (χ1v) is 12.0. The van der Waals surface area contributed by atoms with Gasteiger partial charge in [0.2, 0.25) is 0 Å². The van der Waals surface area contributed by atoms with Crippen LogP contribution in [0.4, 0.5) is 5.82 Å². The van der Waals surface area contributed by atoms with Crippen LogP contribution in [0.15, 0.2) is 41.6 Å². The topological polar surface area (TPSA) is 129 Å². The maximum Gasteiger partial charge on any atom is 0.257 e. The number of aliphatic hydroxyl groups excluding tert-OH is 2. The van der Waals surface area contributed by atoms with Crippen LogP contribution in [0.1, 0.15) is 48.6 Å². The number of hydrogen-bond acceptors (Lipinski definition) is 7. The molecule has 9 heteroatoms. The van der Waals surface area contributed by atoms with Gasteiger partial charge in [-0.1, -0.05) is 25.0 Å². The van der Waals surface area contributed by atoms with E-state index in [0.717, 1.165) is 31.9 Å². The fraction of sp³-hybridized carbons (Fsp3) is 0.409. The van der Waals surface area contributed by atoms with Gasteiger partial charge in [0, 0.05) is 11.8 Å². The van der Waals surface area contributed by atoms with Crippen LogP contribution in [0.5, 0.6) is 0 Å². The molecule has 0 spiro atoms. The second-order valence-corrected chi connectivity index (χ2v) is 9.84. The Labute approximate surface area is 182 Å². The van der Waals surface area contributed by atoms with E-state index in [0.29, 0.717) is 16.7 Å². The summed E-state index contributed by atoms with van der Waals surface area (Å²) in [5.41, 5.74) is 1.87. The van der Waals surface area contributed by atoms with Gasteiger partial charge >= 0.3 is 0 Å². The number of benzene rings is 1. The van der Waals surface area contributed by atoms with Crippen molar-refractivity contribution in [1.82, 2.24) is 9.97 Å². The molecule has 1 fully saturated rings. The van der Waals surface area contributed by atoms with Gasteiger partial charge in [-0.15, -0.1) is 0 Å². The molecule has 166 valence electrons. The Bertz CT molecular complexity index is 1070. The van der Waals surface area contributed by atoms with E-state index in [1.165, 1.54) is 18.5 Å². The molecule has 0 saturated heterocycles. The Hall–Kier alpha value is -2.62. The number of rotatable bonds is 7. The first-order valence-electron chi connectivity index (χ1n) is 10.1. The van der Waals surface area contributed by atoms with E-state index in [9.17, 15) is 18.3 Å². The van der Waals surface area contributed by atoms with Crippen molar-refractivity contribution in [2.75, 3.05) is 18.2 Å². The highest BCUT2D eigenvalue weighted by Gasteiger charge is 2.21. The number of carbonyl (C=O) groups is 1. The van der Waals surface area contributed by atoms with Crippen LogP contribution in [0.3, 0.4) is 0 Å². The van der Waals surface area contributed by atoms with Crippen LogP contribution in [-0.4, -0.2) is 47.4 Å². The summed E-state index contributed by atoms with van der Waals surface area (Å²) in [4.78, 5) is 21.5. The average molecular weight is 446 g/mol. The van der Waals surface area contributed by atoms with Gasteiger partial charge in [0.1, 0.15) is 6.10 Å². The summed E-state index contributed by atoms with van der Waals surface area (Å²) >= 11 is 0. The lowest BCUT2D eigenvalue weighted by atomic mass is 9.97. The molecule has 3 rings (SSSR count). The molecule has 8 nitrogen and oxygen atoms in total. The van der Waals surface area contributed by atoms with Crippen LogP contribution in [0.25, 0.3) is 5.57 Å². The number of aliphatic hydroxyl groups is 2. The number of nitrogens with zero attached hydrogens (tertiary/aromatic N) is 2. The highest BCUT2D eigenvalue weighted by Crippen LogP contribution is 2.30. The first-order chi connectivity index (χ1) is 14.7. The van der Waals surface area contributed by atoms with Gasteiger partial charge in [-0.05, 0) is 48.9 Å². The van der Waals surface area contributed by atoms with Crippen molar-refractivity contribution in [1.29, 1.82) is 0 Å². The van der Waals surface area contributed by atoms with Crippen LogP contribution in [0.2, 0.25) is 0 Å². The zero-order valence-corrected chi connectivity index (χ0v) is 18.4. The molecule has 0 unspecified atom stereocenters. The minimum Gasteiger partial charge on any atom is -0.393 e. The van der Waals surface area contributed by atoms with Crippen molar-refractivity contribution in [3.8, 4) is 0 Å². The smallest absolute Gasteiger partial charge is 0.257 e. The van der Waals surface area contributed by atoms with Crippen molar-refractivity contribution in [2.45, 2.75) is 43.6 Å². The maximum atomic E-state index is 13.1. The van der Waals surface area contributed by atoms with E-state index < -0.39 is 22.5 Å². The number of anilines is 1. The van der Waals surface area contributed by atoms with E-state index in [1.807, 2.05) is 6.08 Å². The van der Waals surface area contributed by atoms with E-state index in [4.69, 9.17) is 5.11 Å². The van der Waals surface area contributed by atoms with E-state index in [-0.39, 0.29) is 28.2 Å². The van der Waals surface area contributed by atoms with E-state index in [1.54, 1.807) is 19.1 Å².